The molecule has 1 aromatic rings. The molecule has 3 nitrogen and oxygen atoms in total. The van der Waals surface area contributed by atoms with Gasteiger partial charge in [-0.1, -0.05) is 18.2 Å². The lowest BCUT2D eigenvalue weighted by Gasteiger charge is -2.29. The lowest BCUT2D eigenvalue weighted by molar-refractivity contribution is -0.129. The van der Waals surface area contributed by atoms with Crippen LogP contribution in [0.3, 0.4) is 0 Å². The van der Waals surface area contributed by atoms with Gasteiger partial charge < -0.3 is 9.64 Å². The lowest BCUT2D eigenvalue weighted by atomic mass is 10.1. The van der Waals surface area contributed by atoms with E-state index in [2.05, 4.69) is 0 Å². The molecule has 3 heteroatoms. The minimum Gasteiger partial charge on any atom is -0.496 e. The summed E-state index contributed by atoms with van der Waals surface area (Å²) in [6, 6.07) is 8.02. The third-order valence-electron chi connectivity index (χ3n) is 2.91. The Morgan fingerprint density at radius 2 is 1.74 bits per heavy atom. The first-order valence-electron chi connectivity index (χ1n) is 6.60. The maximum atomic E-state index is 12.2. The van der Waals surface area contributed by atoms with Crippen LogP contribution in [0.1, 0.15) is 33.3 Å². The van der Waals surface area contributed by atoms with Crippen molar-refractivity contribution < 1.29 is 9.53 Å². The van der Waals surface area contributed by atoms with Crippen LogP contribution in [-0.4, -0.2) is 30.0 Å². The summed E-state index contributed by atoms with van der Waals surface area (Å²) in [4.78, 5) is 14.1. The number of amides is 1. The van der Waals surface area contributed by atoms with Crippen molar-refractivity contribution in [1.82, 2.24) is 4.90 Å². The van der Waals surface area contributed by atoms with E-state index in [0.717, 1.165) is 11.3 Å². The lowest BCUT2D eigenvalue weighted by Crippen LogP contribution is -2.41. The summed E-state index contributed by atoms with van der Waals surface area (Å²) < 4.78 is 5.26. The van der Waals surface area contributed by atoms with Gasteiger partial charge in [0.25, 0.3) is 0 Å². The number of para-hydroxylation sites is 1. The van der Waals surface area contributed by atoms with E-state index < -0.39 is 0 Å². The molecule has 1 amide bonds. The highest BCUT2D eigenvalue weighted by Crippen LogP contribution is 2.19. The summed E-state index contributed by atoms with van der Waals surface area (Å²) >= 11 is 0. The molecule has 0 aromatic heterocycles. The van der Waals surface area contributed by atoms with E-state index in [4.69, 9.17) is 4.74 Å². The Bertz CT molecular complexity index is 442. The molecule has 0 saturated carbocycles. The molecule has 0 aliphatic carbocycles. The van der Waals surface area contributed by atoms with Crippen LogP contribution >= 0.6 is 0 Å². The van der Waals surface area contributed by atoms with Crippen LogP contribution < -0.4 is 4.74 Å². The molecule has 0 saturated heterocycles. The van der Waals surface area contributed by atoms with Gasteiger partial charge in [0.05, 0.1) is 7.11 Å². The standard InChI is InChI=1S/C16H23NO2/c1-12(2)17(13(3)4)16(18)11-10-14-8-6-7-9-15(14)19-5/h6-13H,1-5H3/b11-10+. The zero-order valence-electron chi connectivity index (χ0n) is 12.4. The van der Waals surface area contributed by atoms with Crippen LogP contribution in [0.4, 0.5) is 0 Å². The van der Waals surface area contributed by atoms with Crippen LogP contribution in [0.15, 0.2) is 30.3 Å². The Kier molecular flexibility index (Phi) is 5.61. The molecule has 0 bridgehead atoms. The number of carbonyl (C=O) groups is 1. The summed E-state index contributed by atoms with van der Waals surface area (Å²) in [5.41, 5.74) is 0.908. The molecule has 0 radical (unpaired) electrons. The average Bonchev–Trinajstić information content (AvgIpc) is 2.35. The zero-order chi connectivity index (χ0) is 14.4. The highest BCUT2D eigenvalue weighted by molar-refractivity contribution is 5.92. The minimum atomic E-state index is 0.0240. The van der Waals surface area contributed by atoms with E-state index in [1.165, 1.54) is 0 Å². The van der Waals surface area contributed by atoms with Crippen LogP contribution in [0.2, 0.25) is 0 Å². The quantitative estimate of drug-likeness (QED) is 0.761. The van der Waals surface area contributed by atoms with Crippen LogP contribution in [-0.2, 0) is 4.79 Å². The van der Waals surface area contributed by atoms with Crippen molar-refractivity contribution in [2.45, 2.75) is 39.8 Å². The Labute approximate surface area is 115 Å². The van der Waals surface area contributed by atoms with Crippen molar-refractivity contribution >= 4 is 12.0 Å². The average molecular weight is 261 g/mol. The summed E-state index contributed by atoms with van der Waals surface area (Å²) in [5, 5.41) is 0. The van der Waals surface area contributed by atoms with Gasteiger partial charge in [-0.3, -0.25) is 4.79 Å². The highest BCUT2D eigenvalue weighted by Gasteiger charge is 2.17. The fraction of sp³-hybridized carbons (Fsp3) is 0.438. The summed E-state index contributed by atoms with van der Waals surface area (Å²) in [7, 11) is 1.63. The Balaban J connectivity index is 2.88. The molecule has 104 valence electrons. The summed E-state index contributed by atoms with van der Waals surface area (Å²) in [6.45, 7) is 8.09. The first-order valence-corrected chi connectivity index (χ1v) is 6.60. The van der Waals surface area contributed by atoms with Gasteiger partial charge in [-0.2, -0.15) is 0 Å². The minimum absolute atomic E-state index is 0.0240. The van der Waals surface area contributed by atoms with E-state index in [0.29, 0.717) is 0 Å². The first-order chi connectivity index (χ1) is 8.97. The smallest absolute Gasteiger partial charge is 0.247 e. The maximum Gasteiger partial charge on any atom is 0.247 e. The number of carbonyl (C=O) groups excluding carboxylic acids is 1. The number of hydrogen-bond acceptors (Lipinski definition) is 2. The molecular formula is C16H23NO2. The van der Waals surface area contributed by atoms with Crippen molar-refractivity contribution in [3.8, 4) is 5.75 Å². The third-order valence-corrected chi connectivity index (χ3v) is 2.91. The van der Waals surface area contributed by atoms with Crippen LogP contribution in [0.5, 0.6) is 5.75 Å². The highest BCUT2D eigenvalue weighted by atomic mass is 16.5. The number of benzene rings is 1. The molecular weight excluding hydrogens is 238 g/mol. The second-order valence-electron chi connectivity index (χ2n) is 5.01. The number of methoxy groups -OCH3 is 1. The number of nitrogens with zero attached hydrogens (tertiary/aromatic N) is 1. The Morgan fingerprint density at radius 1 is 1.16 bits per heavy atom. The van der Waals surface area contributed by atoms with Gasteiger partial charge in [0, 0.05) is 23.7 Å². The Morgan fingerprint density at radius 3 is 2.26 bits per heavy atom. The molecule has 0 atom stereocenters. The van der Waals surface area contributed by atoms with Gasteiger partial charge in [-0.05, 0) is 39.8 Å². The molecule has 0 aliphatic rings. The van der Waals surface area contributed by atoms with E-state index in [1.807, 2.05) is 56.9 Å². The van der Waals surface area contributed by atoms with E-state index in [9.17, 15) is 4.79 Å². The van der Waals surface area contributed by atoms with Crippen molar-refractivity contribution in [1.29, 1.82) is 0 Å². The molecule has 1 rings (SSSR count). The van der Waals surface area contributed by atoms with Gasteiger partial charge in [-0.25, -0.2) is 0 Å². The first kappa shape index (κ1) is 15.3. The predicted molar refractivity (Wildman–Crippen MR) is 79.1 cm³/mol. The molecule has 0 unspecified atom stereocenters. The van der Waals surface area contributed by atoms with Gasteiger partial charge in [0.15, 0.2) is 0 Å². The van der Waals surface area contributed by atoms with Crippen molar-refractivity contribution in [3.63, 3.8) is 0 Å². The molecule has 0 aliphatic heterocycles. The number of rotatable bonds is 5. The van der Waals surface area contributed by atoms with Gasteiger partial charge in [-0.15, -0.1) is 0 Å². The maximum absolute atomic E-state index is 12.2. The SMILES string of the molecule is COc1ccccc1/C=C/C(=O)N(C(C)C)C(C)C. The second-order valence-corrected chi connectivity index (χ2v) is 5.01. The second kappa shape index (κ2) is 6.98. The molecule has 0 heterocycles. The largest absolute Gasteiger partial charge is 0.496 e. The summed E-state index contributed by atoms with van der Waals surface area (Å²) in [6.07, 6.45) is 3.41. The van der Waals surface area contributed by atoms with Crippen molar-refractivity contribution in [2.75, 3.05) is 7.11 Å². The molecule has 1 aromatic carbocycles. The molecule has 0 fully saturated rings. The number of ether oxygens (including phenoxy) is 1. The topological polar surface area (TPSA) is 29.5 Å². The molecule has 0 spiro atoms. The van der Waals surface area contributed by atoms with Crippen molar-refractivity contribution in [2.24, 2.45) is 0 Å². The fourth-order valence-electron chi connectivity index (χ4n) is 2.16. The van der Waals surface area contributed by atoms with Crippen LogP contribution in [0.25, 0.3) is 6.08 Å². The van der Waals surface area contributed by atoms with E-state index >= 15 is 0 Å². The van der Waals surface area contributed by atoms with Gasteiger partial charge in [0.2, 0.25) is 5.91 Å². The predicted octanol–water partition coefficient (Wildman–Crippen LogP) is 3.35. The Hall–Kier alpha value is -1.77. The van der Waals surface area contributed by atoms with E-state index in [1.54, 1.807) is 19.3 Å². The summed E-state index contributed by atoms with van der Waals surface area (Å²) in [5.74, 6) is 0.795. The molecule has 19 heavy (non-hydrogen) atoms. The van der Waals surface area contributed by atoms with Gasteiger partial charge in [0.1, 0.15) is 5.75 Å². The zero-order valence-corrected chi connectivity index (χ0v) is 12.4. The third kappa shape index (κ3) is 4.12. The van der Waals surface area contributed by atoms with Gasteiger partial charge >= 0.3 is 0 Å². The molecule has 0 N–H and O–H groups in total. The van der Waals surface area contributed by atoms with Crippen LogP contribution in [0, 0.1) is 0 Å². The van der Waals surface area contributed by atoms with E-state index in [-0.39, 0.29) is 18.0 Å². The van der Waals surface area contributed by atoms with Crippen molar-refractivity contribution in [3.05, 3.63) is 35.9 Å². The normalized spacial score (nSPS) is 11.3. The monoisotopic (exact) mass is 261 g/mol. The fourth-order valence-corrected chi connectivity index (χ4v) is 2.16. The number of hydrogen-bond donors (Lipinski definition) is 0.